The largest absolute Gasteiger partial charge is 0.348 e. The Bertz CT molecular complexity index is 457. The van der Waals surface area contributed by atoms with Crippen molar-refractivity contribution in [1.29, 1.82) is 0 Å². The third kappa shape index (κ3) is 2.99. The van der Waals surface area contributed by atoms with E-state index in [-0.39, 0.29) is 5.92 Å². The van der Waals surface area contributed by atoms with Crippen LogP contribution in [0, 0.1) is 5.92 Å². The van der Waals surface area contributed by atoms with E-state index in [9.17, 15) is 0 Å². The molecule has 1 atom stereocenters. The molecule has 0 aliphatic carbocycles. The average Bonchev–Trinajstić information content (AvgIpc) is 2.85. The summed E-state index contributed by atoms with van der Waals surface area (Å²) in [6.07, 6.45) is 4.73. The number of aromatic amines is 1. The molecule has 3 heteroatoms. The third-order valence-corrected chi connectivity index (χ3v) is 3.11. The number of H-pyrrole nitrogens is 1. The minimum absolute atomic E-state index is 0.160. The Morgan fingerprint density at radius 3 is 2.44 bits per heavy atom. The number of aromatic nitrogens is 2. The SMILES string of the molecule is CC(C)Cc1ccc(C(CN)c2ncc[nH]2)cc1. The highest BCUT2D eigenvalue weighted by atomic mass is 14.9. The molecule has 0 amide bonds. The standard InChI is InChI=1S/C15H21N3/c1-11(2)9-12-3-5-13(6-4-12)14(10-16)15-17-7-8-18-15/h3-8,11,14H,9-10,16H2,1-2H3,(H,17,18). The lowest BCUT2D eigenvalue weighted by atomic mass is 9.95. The second-order valence-electron chi connectivity index (χ2n) is 5.10. The molecule has 3 nitrogen and oxygen atoms in total. The zero-order chi connectivity index (χ0) is 13.0. The molecule has 96 valence electrons. The van der Waals surface area contributed by atoms with Crippen LogP contribution in [-0.4, -0.2) is 16.5 Å². The van der Waals surface area contributed by atoms with Gasteiger partial charge in [0.15, 0.2) is 0 Å². The summed E-state index contributed by atoms with van der Waals surface area (Å²) in [5, 5.41) is 0. The quantitative estimate of drug-likeness (QED) is 0.848. The third-order valence-electron chi connectivity index (χ3n) is 3.11. The van der Waals surface area contributed by atoms with Crippen molar-refractivity contribution in [2.45, 2.75) is 26.2 Å². The smallest absolute Gasteiger partial charge is 0.114 e. The predicted molar refractivity (Wildman–Crippen MR) is 74.5 cm³/mol. The van der Waals surface area contributed by atoms with Gasteiger partial charge in [0.2, 0.25) is 0 Å². The molecule has 0 bridgehead atoms. The fourth-order valence-corrected chi connectivity index (χ4v) is 2.23. The first-order valence-electron chi connectivity index (χ1n) is 6.49. The average molecular weight is 243 g/mol. The van der Waals surface area contributed by atoms with E-state index in [1.54, 1.807) is 6.20 Å². The van der Waals surface area contributed by atoms with E-state index in [0.717, 1.165) is 12.2 Å². The highest BCUT2D eigenvalue weighted by molar-refractivity contribution is 5.29. The van der Waals surface area contributed by atoms with Gasteiger partial charge in [0.25, 0.3) is 0 Å². The van der Waals surface area contributed by atoms with E-state index in [2.05, 4.69) is 48.1 Å². The lowest BCUT2D eigenvalue weighted by Crippen LogP contribution is -2.15. The van der Waals surface area contributed by atoms with E-state index in [0.29, 0.717) is 12.5 Å². The van der Waals surface area contributed by atoms with E-state index in [1.807, 2.05) is 6.20 Å². The molecule has 0 aliphatic rings. The zero-order valence-electron chi connectivity index (χ0n) is 11.1. The van der Waals surface area contributed by atoms with Crippen molar-refractivity contribution in [3.8, 4) is 0 Å². The number of nitrogens with two attached hydrogens (primary N) is 1. The van der Waals surface area contributed by atoms with Crippen LogP contribution in [0.3, 0.4) is 0 Å². The lowest BCUT2D eigenvalue weighted by Gasteiger charge is -2.13. The number of hydrogen-bond donors (Lipinski definition) is 2. The summed E-state index contributed by atoms with van der Waals surface area (Å²) >= 11 is 0. The molecule has 0 saturated carbocycles. The Kier molecular flexibility index (Phi) is 4.15. The topological polar surface area (TPSA) is 54.7 Å². The number of nitrogens with zero attached hydrogens (tertiary/aromatic N) is 1. The van der Waals surface area contributed by atoms with Gasteiger partial charge in [0.05, 0.1) is 5.92 Å². The molecule has 0 spiro atoms. The van der Waals surface area contributed by atoms with E-state index < -0.39 is 0 Å². The number of imidazole rings is 1. The summed E-state index contributed by atoms with van der Waals surface area (Å²) in [4.78, 5) is 7.44. The van der Waals surface area contributed by atoms with Crippen LogP contribution >= 0.6 is 0 Å². The van der Waals surface area contributed by atoms with Crippen molar-refractivity contribution in [2.24, 2.45) is 11.7 Å². The maximum absolute atomic E-state index is 5.85. The van der Waals surface area contributed by atoms with Gasteiger partial charge >= 0.3 is 0 Å². The maximum atomic E-state index is 5.85. The Morgan fingerprint density at radius 1 is 1.22 bits per heavy atom. The minimum Gasteiger partial charge on any atom is -0.348 e. The van der Waals surface area contributed by atoms with Crippen LogP contribution < -0.4 is 5.73 Å². The molecular weight excluding hydrogens is 222 g/mol. The van der Waals surface area contributed by atoms with Crippen molar-refractivity contribution in [3.05, 3.63) is 53.6 Å². The summed E-state index contributed by atoms with van der Waals surface area (Å²) in [5.74, 6) is 1.79. The van der Waals surface area contributed by atoms with Crippen molar-refractivity contribution >= 4 is 0 Å². The van der Waals surface area contributed by atoms with Crippen LogP contribution in [0.15, 0.2) is 36.7 Å². The second-order valence-corrected chi connectivity index (χ2v) is 5.10. The zero-order valence-corrected chi connectivity index (χ0v) is 11.1. The maximum Gasteiger partial charge on any atom is 0.114 e. The van der Waals surface area contributed by atoms with Crippen LogP contribution in [0.25, 0.3) is 0 Å². The van der Waals surface area contributed by atoms with Crippen LogP contribution in [0.5, 0.6) is 0 Å². The van der Waals surface area contributed by atoms with Gasteiger partial charge in [-0.1, -0.05) is 38.1 Å². The molecule has 3 N–H and O–H groups in total. The minimum atomic E-state index is 0.160. The van der Waals surface area contributed by atoms with Crippen molar-refractivity contribution in [1.82, 2.24) is 9.97 Å². The summed E-state index contributed by atoms with van der Waals surface area (Å²) in [5.41, 5.74) is 8.46. The van der Waals surface area contributed by atoms with Gasteiger partial charge in [-0.25, -0.2) is 4.98 Å². The van der Waals surface area contributed by atoms with Crippen LogP contribution in [0.4, 0.5) is 0 Å². The molecule has 0 saturated heterocycles. The summed E-state index contributed by atoms with van der Waals surface area (Å²) in [6.45, 7) is 5.04. The van der Waals surface area contributed by atoms with Crippen molar-refractivity contribution in [2.75, 3.05) is 6.54 Å². The molecule has 1 unspecified atom stereocenters. The molecule has 1 aromatic heterocycles. The number of benzene rings is 1. The van der Waals surface area contributed by atoms with Crippen LogP contribution in [0.1, 0.15) is 36.7 Å². The fourth-order valence-electron chi connectivity index (χ4n) is 2.23. The number of rotatable bonds is 5. The molecule has 1 aromatic carbocycles. The Labute approximate surface area is 108 Å². The van der Waals surface area contributed by atoms with E-state index in [4.69, 9.17) is 5.73 Å². The van der Waals surface area contributed by atoms with E-state index in [1.165, 1.54) is 11.1 Å². The van der Waals surface area contributed by atoms with Gasteiger partial charge in [0.1, 0.15) is 5.82 Å². The van der Waals surface area contributed by atoms with E-state index >= 15 is 0 Å². The highest BCUT2D eigenvalue weighted by Crippen LogP contribution is 2.21. The van der Waals surface area contributed by atoms with Gasteiger partial charge < -0.3 is 10.7 Å². The van der Waals surface area contributed by atoms with Crippen molar-refractivity contribution in [3.63, 3.8) is 0 Å². The molecule has 2 aromatic rings. The lowest BCUT2D eigenvalue weighted by molar-refractivity contribution is 0.646. The molecule has 1 heterocycles. The summed E-state index contributed by atoms with van der Waals surface area (Å²) < 4.78 is 0. The Balaban J connectivity index is 2.17. The molecule has 0 radical (unpaired) electrons. The molecule has 2 rings (SSSR count). The first kappa shape index (κ1) is 12.8. The molecular formula is C15H21N3. The van der Waals surface area contributed by atoms with Gasteiger partial charge in [-0.2, -0.15) is 0 Å². The normalized spacial score (nSPS) is 12.9. The predicted octanol–water partition coefficient (Wildman–Crippen LogP) is 2.70. The molecule has 0 fully saturated rings. The Hall–Kier alpha value is -1.61. The summed E-state index contributed by atoms with van der Waals surface area (Å²) in [7, 11) is 0. The van der Waals surface area contributed by atoms with Crippen molar-refractivity contribution < 1.29 is 0 Å². The van der Waals surface area contributed by atoms with Gasteiger partial charge in [0, 0.05) is 18.9 Å². The number of hydrogen-bond acceptors (Lipinski definition) is 2. The molecule has 0 aliphatic heterocycles. The van der Waals surface area contributed by atoms with Gasteiger partial charge in [-0.3, -0.25) is 0 Å². The fraction of sp³-hybridized carbons (Fsp3) is 0.400. The highest BCUT2D eigenvalue weighted by Gasteiger charge is 2.14. The first-order chi connectivity index (χ1) is 8.70. The van der Waals surface area contributed by atoms with Gasteiger partial charge in [-0.15, -0.1) is 0 Å². The van der Waals surface area contributed by atoms with Gasteiger partial charge in [-0.05, 0) is 23.5 Å². The van der Waals surface area contributed by atoms with Crippen LogP contribution in [0.2, 0.25) is 0 Å². The first-order valence-corrected chi connectivity index (χ1v) is 6.49. The van der Waals surface area contributed by atoms with Crippen LogP contribution in [-0.2, 0) is 6.42 Å². The number of nitrogens with one attached hydrogen (secondary N) is 1. The summed E-state index contributed by atoms with van der Waals surface area (Å²) in [6, 6.07) is 8.72. The Morgan fingerprint density at radius 2 is 1.94 bits per heavy atom. The monoisotopic (exact) mass is 243 g/mol. The second kappa shape index (κ2) is 5.83. The molecule has 18 heavy (non-hydrogen) atoms.